The Kier molecular flexibility index (Phi) is 4.34. The van der Waals surface area contributed by atoms with Crippen LogP contribution in [0.2, 0.25) is 0 Å². The molecule has 2 fully saturated rings. The Morgan fingerprint density at radius 3 is 2.06 bits per heavy atom. The number of hydrogen-bond donors (Lipinski definition) is 0. The van der Waals surface area contributed by atoms with Crippen LogP contribution in [-0.4, -0.2) is 23.9 Å². The second-order valence-corrected chi connectivity index (χ2v) is 7.31. The quantitative estimate of drug-likeness (QED) is 0.731. The Morgan fingerprint density at radius 2 is 1.67 bits per heavy atom. The molecule has 0 radical (unpaired) electrons. The molecule has 1 amide bonds. The van der Waals surface area contributed by atoms with Crippen LogP contribution in [-0.2, 0) is 4.79 Å². The summed E-state index contributed by atoms with van der Waals surface area (Å²) in [4.78, 5) is 14.9. The lowest BCUT2D eigenvalue weighted by Crippen LogP contribution is -2.42. The number of amides is 1. The predicted octanol–water partition coefficient (Wildman–Crippen LogP) is 3.56. The first-order chi connectivity index (χ1) is 8.47. The van der Waals surface area contributed by atoms with Crippen LogP contribution in [0.3, 0.4) is 0 Å². The summed E-state index contributed by atoms with van der Waals surface area (Å²) < 4.78 is 0. The molecule has 0 aliphatic heterocycles. The normalized spacial score (nSPS) is 30.4. The molecule has 104 valence electrons. The van der Waals surface area contributed by atoms with Crippen LogP contribution in [0.5, 0.6) is 0 Å². The fourth-order valence-electron chi connectivity index (χ4n) is 3.92. The highest BCUT2D eigenvalue weighted by Gasteiger charge is 2.44. The van der Waals surface area contributed by atoms with Crippen molar-refractivity contribution in [2.24, 2.45) is 29.6 Å². The van der Waals surface area contributed by atoms with E-state index in [1.54, 1.807) is 0 Å². The van der Waals surface area contributed by atoms with Gasteiger partial charge < -0.3 is 4.90 Å². The molecular formula is C16H29NO. The van der Waals surface area contributed by atoms with Gasteiger partial charge in [-0.1, -0.05) is 34.1 Å². The van der Waals surface area contributed by atoms with Crippen molar-refractivity contribution >= 4 is 5.91 Å². The molecule has 0 aromatic rings. The summed E-state index contributed by atoms with van der Waals surface area (Å²) in [5.74, 6) is 3.55. The van der Waals surface area contributed by atoms with E-state index >= 15 is 0 Å². The van der Waals surface area contributed by atoms with Crippen LogP contribution in [0.15, 0.2) is 0 Å². The Morgan fingerprint density at radius 1 is 1.06 bits per heavy atom. The molecule has 0 unspecified atom stereocenters. The lowest BCUT2D eigenvalue weighted by molar-refractivity contribution is -0.138. The van der Waals surface area contributed by atoms with E-state index in [2.05, 4.69) is 32.6 Å². The van der Waals surface area contributed by atoms with E-state index in [0.29, 0.717) is 29.6 Å². The fourth-order valence-corrected chi connectivity index (χ4v) is 3.92. The molecule has 0 aromatic heterocycles. The van der Waals surface area contributed by atoms with Gasteiger partial charge in [-0.3, -0.25) is 4.79 Å². The van der Waals surface area contributed by atoms with Gasteiger partial charge in [-0.05, 0) is 42.9 Å². The van der Waals surface area contributed by atoms with Gasteiger partial charge in [-0.2, -0.15) is 0 Å². The highest BCUT2D eigenvalue weighted by Crippen LogP contribution is 2.48. The molecule has 2 rings (SSSR count). The smallest absolute Gasteiger partial charge is 0.225 e. The molecule has 0 aromatic carbocycles. The maximum Gasteiger partial charge on any atom is 0.225 e. The second-order valence-electron chi connectivity index (χ2n) is 7.31. The van der Waals surface area contributed by atoms with Crippen LogP contribution in [0.25, 0.3) is 0 Å². The van der Waals surface area contributed by atoms with Crippen molar-refractivity contribution in [3.63, 3.8) is 0 Å². The molecule has 2 nitrogen and oxygen atoms in total. The van der Waals surface area contributed by atoms with Crippen molar-refractivity contribution in [3.05, 3.63) is 0 Å². The zero-order valence-corrected chi connectivity index (χ0v) is 12.5. The van der Waals surface area contributed by atoms with E-state index < -0.39 is 0 Å². The Hall–Kier alpha value is -0.530. The first kappa shape index (κ1) is 13.9. The molecule has 0 heterocycles. The topological polar surface area (TPSA) is 20.3 Å². The summed E-state index contributed by atoms with van der Waals surface area (Å²) in [5, 5.41) is 0. The average molecular weight is 251 g/mol. The molecule has 3 atom stereocenters. The number of carbonyl (C=O) groups excluding carboxylic acids is 1. The fraction of sp³-hybridized carbons (Fsp3) is 0.938. The van der Waals surface area contributed by atoms with Crippen molar-refractivity contribution in [2.45, 2.75) is 53.4 Å². The zero-order chi connectivity index (χ0) is 13.3. The summed E-state index contributed by atoms with van der Waals surface area (Å²) in [6.07, 6.45) is 5.19. The minimum atomic E-state index is 0.362. The first-order valence-corrected chi connectivity index (χ1v) is 7.76. The van der Waals surface area contributed by atoms with Gasteiger partial charge in [0.25, 0.3) is 0 Å². The Labute approximate surface area is 112 Å². The van der Waals surface area contributed by atoms with Crippen LogP contribution in [0.4, 0.5) is 0 Å². The summed E-state index contributed by atoms with van der Waals surface area (Å²) in [6.45, 7) is 10.7. The number of nitrogens with zero attached hydrogens (tertiary/aromatic N) is 1. The van der Waals surface area contributed by atoms with Crippen molar-refractivity contribution in [2.75, 3.05) is 13.1 Å². The van der Waals surface area contributed by atoms with E-state index in [0.717, 1.165) is 19.0 Å². The standard InChI is InChI=1S/C16H29NO/c1-11(2)9-17(10-12(3)4)16(18)15-8-13-5-6-14(15)7-13/h11-15H,5-10H2,1-4H3/t13-,14+,15+/m1/s1. The summed E-state index contributed by atoms with van der Waals surface area (Å²) in [6, 6.07) is 0. The molecule has 2 heteroatoms. The first-order valence-electron chi connectivity index (χ1n) is 7.76. The lowest BCUT2D eigenvalue weighted by Gasteiger charge is -2.32. The maximum absolute atomic E-state index is 12.7. The SMILES string of the molecule is CC(C)CN(CC(C)C)C(=O)[C@H]1C[C@@H]2CC[C@H]1C2. The largest absolute Gasteiger partial charge is 0.342 e. The molecule has 2 aliphatic rings. The molecule has 0 saturated heterocycles. The van der Waals surface area contributed by atoms with Crippen LogP contribution < -0.4 is 0 Å². The number of carbonyl (C=O) groups is 1. The van der Waals surface area contributed by atoms with Gasteiger partial charge in [0.1, 0.15) is 0 Å². The van der Waals surface area contributed by atoms with Gasteiger partial charge in [0.05, 0.1) is 0 Å². The highest BCUT2D eigenvalue weighted by atomic mass is 16.2. The number of hydrogen-bond acceptors (Lipinski definition) is 1. The van der Waals surface area contributed by atoms with E-state index in [-0.39, 0.29) is 0 Å². The Bertz CT molecular complexity index is 287. The van der Waals surface area contributed by atoms with Crippen molar-refractivity contribution in [1.29, 1.82) is 0 Å². The van der Waals surface area contributed by atoms with Gasteiger partial charge >= 0.3 is 0 Å². The highest BCUT2D eigenvalue weighted by molar-refractivity contribution is 5.79. The van der Waals surface area contributed by atoms with Gasteiger partial charge in [-0.25, -0.2) is 0 Å². The predicted molar refractivity (Wildman–Crippen MR) is 75.2 cm³/mol. The zero-order valence-electron chi connectivity index (χ0n) is 12.5. The van der Waals surface area contributed by atoms with Gasteiger partial charge in [-0.15, -0.1) is 0 Å². The minimum Gasteiger partial charge on any atom is -0.342 e. The lowest BCUT2D eigenvalue weighted by atomic mass is 9.87. The summed E-state index contributed by atoms with van der Waals surface area (Å²) in [5.41, 5.74) is 0. The van der Waals surface area contributed by atoms with E-state index in [1.165, 1.54) is 25.7 Å². The van der Waals surface area contributed by atoms with Crippen LogP contribution in [0, 0.1) is 29.6 Å². The molecule has 2 saturated carbocycles. The summed E-state index contributed by atoms with van der Waals surface area (Å²) >= 11 is 0. The van der Waals surface area contributed by atoms with Gasteiger partial charge in [0, 0.05) is 19.0 Å². The van der Waals surface area contributed by atoms with Crippen molar-refractivity contribution < 1.29 is 4.79 Å². The van der Waals surface area contributed by atoms with Crippen molar-refractivity contribution in [3.8, 4) is 0 Å². The van der Waals surface area contributed by atoms with Crippen LogP contribution >= 0.6 is 0 Å². The number of rotatable bonds is 5. The van der Waals surface area contributed by atoms with E-state index in [4.69, 9.17) is 0 Å². The molecule has 0 spiro atoms. The third-order valence-electron chi connectivity index (χ3n) is 4.54. The second kappa shape index (κ2) is 5.63. The van der Waals surface area contributed by atoms with Gasteiger partial charge in [0.15, 0.2) is 0 Å². The number of fused-ring (bicyclic) bond motifs is 2. The molecule has 2 bridgehead atoms. The van der Waals surface area contributed by atoms with Crippen molar-refractivity contribution in [1.82, 2.24) is 4.90 Å². The maximum atomic E-state index is 12.7. The third kappa shape index (κ3) is 3.07. The average Bonchev–Trinajstić information content (AvgIpc) is 2.87. The van der Waals surface area contributed by atoms with Gasteiger partial charge in [0.2, 0.25) is 5.91 Å². The molecular weight excluding hydrogens is 222 g/mol. The molecule has 2 aliphatic carbocycles. The van der Waals surface area contributed by atoms with E-state index in [9.17, 15) is 4.79 Å². The summed E-state index contributed by atoms with van der Waals surface area (Å²) in [7, 11) is 0. The Balaban J connectivity index is 1.98. The molecule has 0 N–H and O–H groups in total. The molecule has 18 heavy (non-hydrogen) atoms. The minimum absolute atomic E-state index is 0.362. The monoisotopic (exact) mass is 251 g/mol. The third-order valence-corrected chi connectivity index (χ3v) is 4.54. The van der Waals surface area contributed by atoms with E-state index in [1.807, 2.05) is 0 Å². The van der Waals surface area contributed by atoms with Crippen LogP contribution in [0.1, 0.15) is 53.4 Å².